The molecule has 38 heavy (non-hydrogen) atoms. The Hall–Kier alpha value is -3.35. The first-order valence-corrected chi connectivity index (χ1v) is 14.1. The van der Waals surface area contributed by atoms with Crippen molar-refractivity contribution in [3.05, 3.63) is 71.2 Å². The van der Waals surface area contributed by atoms with E-state index in [9.17, 15) is 14.1 Å². The maximum Gasteiger partial charge on any atom is 0.296 e. The van der Waals surface area contributed by atoms with Gasteiger partial charge in [-0.05, 0) is 30.3 Å². The normalized spacial score (nSPS) is 24.2. The number of hydrogen-bond acceptors (Lipinski definition) is 8. The van der Waals surface area contributed by atoms with Gasteiger partial charge in [0.1, 0.15) is 23.8 Å². The van der Waals surface area contributed by atoms with Crippen LogP contribution in [0.4, 0.5) is 0 Å². The summed E-state index contributed by atoms with van der Waals surface area (Å²) in [6, 6.07) is 17.2. The number of carbonyl (C=O) groups excluding carboxylic acids is 1. The number of ether oxygens (including phenoxy) is 3. The molecule has 2 aliphatic heterocycles. The molecule has 0 unspecified atom stereocenters. The van der Waals surface area contributed by atoms with Gasteiger partial charge in [-0.3, -0.25) is 9.78 Å². The van der Waals surface area contributed by atoms with Gasteiger partial charge in [0.2, 0.25) is 0 Å². The van der Waals surface area contributed by atoms with Crippen LogP contribution in [-0.4, -0.2) is 74.1 Å². The molecule has 2 aromatic heterocycles. The minimum absolute atomic E-state index is 0.207. The predicted molar refractivity (Wildman–Crippen MR) is 140 cm³/mol. The van der Waals surface area contributed by atoms with Crippen molar-refractivity contribution in [2.75, 3.05) is 19.5 Å². The number of aliphatic hydroxyl groups excluding tert-OH is 1. The molecule has 0 saturated carbocycles. The average Bonchev–Trinajstić information content (AvgIpc) is 3.60. The van der Waals surface area contributed by atoms with Gasteiger partial charge in [-0.25, -0.2) is 9.19 Å². The molecule has 12 heteroatoms. The van der Waals surface area contributed by atoms with Crippen LogP contribution in [0.2, 0.25) is 5.02 Å². The fraction of sp³-hybridized carbons (Fsp3) is 0.269. The summed E-state index contributed by atoms with van der Waals surface area (Å²) in [4.78, 5) is 25.3. The molecular weight excluding hydrogens is 532 g/mol. The Labute approximate surface area is 223 Å². The standard InChI is InChI=1S/C26H23ClN4O6S/c1-38(34,16-5-3-2-4-6-16)31-25(33)15-9-7-14(8-10-15)21-17(27)11-18-24(29-21)30-26(28-18)37-20-13-36-22-19(32)12-35-23(20)22/h2-11,19-20,22-23,32H,12-13H2,1H3,(H,28,29,30)/t19-,20-,22-,23-,38+/m1/s1. The molecule has 4 heterocycles. The van der Waals surface area contributed by atoms with Crippen molar-refractivity contribution in [2.45, 2.75) is 29.3 Å². The molecule has 2 aliphatic rings. The average molecular weight is 555 g/mol. The van der Waals surface area contributed by atoms with Crippen LogP contribution in [0.25, 0.3) is 22.4 Å². The SMILES string of the molecule is C[S@@](=O)(=NC(=O)c1ccc(-c2nc3[nH]c(O[C@@H]4CO[C@H]5[C@@H]4OC[C@H]5O)nc3cc2Cl)cc1)c1ccccc1. The van der Waals surface area contributed by atoms with E-state index in [4.69, 9.17) is 25.8 Å². The van der Waals surface area contributed by atoms with Crippen molar-refractivity contribution in [2.24, 2.45) is 4.36 Å². The number of imidazole rings is 1. The lowest BCUT2D eigenvalue weighted by Gasteiger charge is -2.15. The Morgan fingerprint density at radius 3 is 2.61 bits per heavy atom. The summed E-state index contributed by atoms with van der Waals surface area (Å²) in [5, 5.41) is 10.3. The van der Waals surface area contributed by atoms with Gasteiger partial charge in [0, 0.05) is 22.3 Å². The van der Waals surface area contributed by atoms with Crippen LogP contribution in [-0.2, 0) is 19.2 Å². The van der Waals surface area contributed by atoms with Gasteiger partial charge in [-0.1, -0.05) is 41.9 Å². The maximum absolute atomic E-state index is 12.9. The van der Waals surface area contributed by atoms with Crippen molar-refractivity contribution >= 4 is 38.4 Å². The van der Waals surface area contributed by atoms with Gasteiger partial charge in [0.25, 0.3) is 11.9 Å². The number of fused-ring (bicyclic) bond motifs is 2. The van der Waals surface area contributed by atoms with Gasteiger partial charge in [-0.2, -0.15) is 9.35 Å². The molecule has 2 N–H and O–H groups in total. The fourth-order valence-electron chi connectivity index (χ4n) is 4.55. The lowest BCUT2D eigenvalue weighted by Crippen LogP contribution is -2.34. The molecule has 2 saturated heterocycles. The highest BCUT2D eigenvalue weighted by molar-refractivity contribution is 7.93. The third-order valence-corrected chi connectivity index (χ3v) is 8.44. The number of benzene rings is 2. The summed E-state index contributed by atoms with van der Waals surface area (Å²) in [5.41, 5.74) is 2.43. The Balaban J connectivity index is 1.22. The van der Waals surface area contributed by atoms with E-state index in [-0.39, 0.29) is 25.3 Å². The molecular formula is C26H23ClN4O6S. The van der Waals surface area contributed by atoms with E-state index >= 15 is 0 Å². The zero-order chi connectivity index (χ0) is 26.4. The summed E-state index contributed by atoms with van der Waals surface area (Å²) in [5.74, 6) is -0.574. The minimum atomic E-state index is -2.87. The predicted octanol–water partition coefficient (Wildman–Crippen LogP) is 3.48. The van der Waals surface area contributed by atoms with E-state index in [0.717, 1.165) is 0 Å². The van der Waals surface area contributed by atoms with Crippen LogP contribution in [0.1, 0.15) is 10.4 Å². The van der Waals surface area contributed by atoms with E-state index in [2.05, 4.69) is 19.3 Å². The number of hydrogen-bond donors (Lipinski definition) is 2. The lowest BCUT2D eigenvalue weighted by atomic mass is 10.1. The number of amides is 1. The van der Waals surface area contributed by atoms with Crippen molar-refractivity contribution < 1.29 is 28.3 Å². The van der Waals surface area contributed by atoms with Crippen LogP contribution >= 0.6 is 11.6 Å². The summed E-state index contributed by atoms with van der Waals surface area (Å²) in [7, 11) is -2.87. The second kappa shape index (κ2) is 9.75. The number of nitrogens with one attached hydrogen (secondary N) is 1. The van der Waals surface area contributed by atoms with Crippen LogP contribution in [0.3, 0.4) is 0 Å². The van der Waals surface area contributed by atoms with Crippen LogP contribution in [0.5, 0.6) is 6.01 Å². The topological polar surface area (TPSA) is 136 Å². The van der Waals surface area contributed by atoms with E-state index in [1.165, 1.54) is 6.26 Å². The second-order valence-electron chi connectivity index (χ2n) is 9.14. The van der Waals surface area contributed by atoms with Crippen LogP contribution in [0.15, 0.2) is 69.9 Å². The van der Waals surface area contributed by atoms with Crippen molar-refractivity contribution in [3.63, 3.8) is 0 Å². The lowest BCUT2D eigenvalue weighted by molar-refractivity contribution is 0.00706. The van der Waals surface area contributed by atoms with Gasteiger partial charge in [0.05, 0.1) is 33.7 Å². The van der Waals surface area contributed by atoms with Gasteiger partial charge in [0.15, 0.2) is 11.8 Å². The van der Waals surface area contributed by atoms with Crippen molar-refractivity contribution in [1.82, 2.24) is 15.0 Å². The first kappa shape index (κ1) is 25.0. The highest BCUT2D eigenvalue weighted by Gasteiger charge is 2.48. The smallest absolute Gasteiger partial charge is 0.296 e. The number of aliphatic hydroxyl groups is 1. The summed E-state index contributed by atoms with van der Waals surface area (Å²) >= 11 is 6.52. The van der Waals surface area contributed by atoms with Crippen molar-refractivity contribution in [3.8, 4) is 17.3 Å². The number of H-pyrrole nitrogens is 1. The molecule has 5 atom stereocenters. The molecule has 196 valence electrons. The second-order valence-corrected chi connectivity index (χ2v) is 11.8. The molecule has 4 aromatic rings. The molecule has 2 aromatic carbocycles. The van der Waals surface area contributed by atoms with Gasteiger partial charge >= 0.3 is 0 Å². The number of halogens is 1. The Morgan fingerprint density at radius 1 is 1.11 bits per heavy atom. The number of carbonyl (C=O) groups is 1. The third kappa shape index (κ3) is 4.67. The fourth-order valence-corrected chi connectivity index (χ4v) is 5.99. The van der Waals surface area contributed by atoms with E-state index in [0.29, 0.717) is 37.9 Å². The van der Waals surface area contributed by atoms with E-state index in [1.54, 1.807) is 54.6 Å². The Morgan fingerprint density at radius 2 is 1.84 bits per heavy atom. The zero-order valence-corrected chi connectivity index (χ0v) is 21.7. The zero-order valence-electron chi connectivity index (χ0n) is 20.1. The van der Waals surface area contributed by atoms with Crippen LogP contribution < -0.4 is 4.74 Å². The molecule has 0 spiro atoms. The van der Waals surface area contributed by atoms with E-state index in [1.807, 2.05) is 6.07 Å². The minimum Gasteiger partial charge on any atom is -0.456 e. The quantitative estimate of drug-likeness (QED) is 0.383. The largest absolute Gasteiger partial charge is 0.456 e. The number of pyridine rings is 1. The van der Waals surface area contributed by atoms with Gasteiger partial charge in [-0.15, -0.1) is 0 Å². The number of nitrogens with zero attached hydrogens (tertiary/aromatic N) is 3. The van der Waals surface area contributed by atoms with E-state index < -0.39 is 33.9 Å². The monoisotopic (exact) mass is 554 g/mol. The molecule has 0 radical (unpaired) electrons. The molecule has 1 amide bonds. The van der Waals surface area contributed by atoms with Crippen LogP contribution in [0, 0.1) is 0 Å². The summed E-state index contributed by atoms with van der Waals surface area (Å²) in [6.45, 7) is 0.483. The molecule has 2 fully saturated rings. The Bertz CT molecular complexity index is 1640. The molecule has 0 bridgehead atoms. The first-order chi connectivity index (χ1) is 18.3. The molecule has 0 aliphatic carbocycles. The number of aromatic nitrogens is 3. The highest BCUT2D eigenvalue weighted by atomic mass is 35.5. The third-order valence-electron chi connectivity index (χ3n) is 6.49. The summed E-state index contributed by atoms with van der Waals surface area (Å²) < 4.78 is 34.0. The molecule has 6 rings (SSSR count). The number of aromatic amines is 1. The first-order valence-electron chi connectivity index (χ1n) is 11.8. The van der Waals surface area contributed by atoms with Gasteiger partial charge < -0.3 is 19.3 Å². The Kier molecular flexibility index (Phi) is 6.40. The van der Waals surface area contributed by atoms with Crippen molar-refractivity contribution in [1.29, 1.82) is 0 Å². The number of rotatable bonds is 5. The summed E-state index contributed by atoms with van der Waals surface area (Å²) in [6.07, 6.45) is -0.418. The maximum atomic E-state index is 12.9. The highest BCUT2D eigenvalue weighted by Crippen LogP contribution is 2.32. The molecule has 10 nitrogen and oxygen atoms in total.